The fourth-order valence-corrected chi connectivity index (χ4v) is 5.04. The molecule has 4 aromatic rings. The first kappa shape index (κ1) is 22.9. The lowest BCUT2D eigenvalue weighted by Crippen LogP contribution is -2.27. The molecule has 0 amide bonds. The molecule has 0 saturated heterocycles. The number of nitrogens with zero attached hydrogens (tertiary/aromatic N) is 3. The molecule has 7 heteroatoms. The quantitative estimate of drug-likeness (QED) is 0.392. The molecule has 0 bridgehead atoms. The summed E-state index contributed by atoms with van der Waals surface area (Å²) in [6.45, 7) is 7.10. The number of carbonyl (C=O) groups is 1. The number of halogens is 1. The number of aromatic nitrogens is 2. The number of aromatic carboxylic acids is 1. The smallest absolute Gasteiger partial charge is 0.354 e. The van der Waals surface area contributed by atoms with Crippen LogP contribution in [-0.4, -0.2) is 40.6 Å². The highest BCUT2D eigenvalue weighted by atomic mass is 19.1. The number of aliphatic imine (C=N–C) groups is 1. The SMILES string of the molecule is COCC(C)(C)c1c(-c2ccc(C(=O)O)nc2C)c2cc3c(cc2n1-c1ccc(F)cc1)C=NC3. The zero-order chi connectivity index (χ0) is 24.9. The highest BCUT2D eigenvalue weighted by Crippen LogP contribution is 2.45. The number of benzene rings is 2. The molecule has 6 nitrogen and oxygen atoms in total. The van der Waals surface area contributed by atoms with Gasteiger partial charge >= 0.3 is 5.97 Å². The summed E-state index contributed by atoms with van der Waals surface area (Å²) in [7, 11) is 1.67. The van der Waals surface area contributed by atoms with Gasteiger partial charge in [-0.25, -0.2) is 14.2 Å². The lowest BCUT2D eigenvalue weighted by molar-refractivity contribution is 0.0690. The number of fused-ring (bicyclic) bond motifs is 2. The number of carboxylic acid groups (broad SMARTS) is 1. The number of ether oxygens (including phenoxy) is 1. The third-order valence-corrected chi connectivity index (χ3v) is 6.53. The van der Waals surface area contributed by atoms with Gasteiger partial charge in [0.15, 0.2) is 0 Å². The number of hydrogen-bond donors (Lipinski definition) is 1. The maximum Gasteiger partial charge on any atom is 0.354 e. The van der Waals surface area contributed by atoms with Gasteiger partial charge in [-0.1, -0.05) is 19.9 Å². The second-order valence-electron chi connectivity index (χ2n) is 9.52. The van der Waals surface area contributed by atoms with E-state index in [1.54, 1.807) is 19.2 Å². The first-order valence-electron chi connectivity index (χ1n) is 11.4. The van der Waals surface area contributed by atoms with Crippen LogP contribution in [0.25, 0.3) is 27.7 Å². The van der Waals surface area contributed by atoms with Crippen LogP contribution in [0, 0.1) is 12.7 Å². The van der Waals surface area contributed by atoms with Crippen LogP contribution in [0.5, 0.6) is 0 Å². The Kier molecular flexibility index (Phi) is 5.52. The molecule has 35 heavy (non-hydrogen) atoms. The molecular weight excluding hydrogens is 445 g/mol. The van der Waals surface area contributed by atoms with Gasteiger partial charge in [0.2, 0.25) is 0 Å². The predicted octanol–water partition coefficient (Wildman–Crippen LogP) is 5.69. The van der Waals surface area contributed by atoms with Crippen LogP contribution in [0.2, 0.25) is 0 Å². The Morgan fingerprint density at radius 1 is 1.17 bits per heavy atom. The number of hydrogen-bond acceptors (Lipinski definition) is 4. The first-order chi connectivity index (χ1) is 16.7. The highest BCUT2D eigenvalue weighted by Gasteiger charge is 2.33. The van der Waals surface area contributed by atoms with E-state index in [-0.39, 0.29) is 11.5 Å². The van der Waals surface area contributed by atoms with Crippen LogP contribution in [0.15, 0.2) is 53.5 Å². The third-order valence-electron chi connectivity index (χ3n) is 6.53. The summed E-state index contributed by atoms with van der Waals surface area (Å²) in [4.78, 5) is 20.4. The molecule has 0 saturated carbocycles. The van der Waals surface area contributed by atoms with Gasteiger partial charge in [0.1, 0.15) is 11.5 Å². The molecule has 1 N–H and O–H groups in total. The van der Waals surface area contributed by atoms with Crippen molar-refractivity contribution < 1.29 is 19.0 Å². The molecule has 178 valence electrons. The van der Waals surface area contributed by atoms with Crippen LogP contribution in [0.3, 0.4) is 0 Å². The van der Waals surface area contributed by atoms with Crippen molar-refractivity contribution in [3.63, 3.8) is 0 Å². The van der Waals surface area contributed by atoms with Gasteiger partial charge in [-0.3, -0.25) is 4.99 Å². The van der Waals surface area contributed by atoms with E-state index in [0.717, 1.165) is 44.5 Å². The molecule has 0 spiro atoms. The van der Waals surface area contributed by atoms with E-state index in [2.05, 4.69) is 40.5 Å². The van der Waals surface area contributed by atoms with Crippen molar-refractivity contribution in [3.8, 4) is 16.8 Å². The fourth-order valence-electron chi connectivity index (χ4n) is 5.04. The van der Waals surface area contributed by atoms with Crippen molar-refractivity contribution in [1.29, 1.82) is 0 Å². The van der Waals surface area contributed by atoms with Crippen molar-refractivity contribution >= 4 is 23.1 Å². The van der Waals surface area contributed by atoms with Gasteiger partial charge < -0.3 is 14.4 Å². The average Bonchev–Trinajstić information content (AvgIpc) is 3.40. The molecule has 1 aliphatic rings. The molecule has 5 rings (SSSR count). The summed E-state index contributed by atoms with van der Waals surface area (Å²) in [5, 5.41) is 10.5. The Morgan fingerprint density at radius 2 is 1.91 bits per heavy atom. The molecule has 0 aliphatic carbocycles. The van der Waals surface area contributed by atoms with Crippen molar-refractivity contribution in [2.75, 3.05) is 13.7 Å². The van der Waals surface area contributed by atoms with E-state index in [4.69, 9.17) is 4.74 Å². The molecule has 0 atom stereocenters. The van der Waals surface area contributed by atoms with Crippen LogP contribution >= 0.6 is 0 Å². The third kappa shape index (κ3) is 3.82. The Bertz CT molecular complexity index is 1500. The number of aryl methyl sites for hydroxylation is 1. The van der Waals surface area contributed by atoms with Crippen LogP contribution < -0.4 is 0 Å². The Labute approximate surface area is 202 Å². The molecule has 3 heterocycles. The Hall–Kier alpha value is -3.84. The van der Waals surface area contributed by atoms with E-state index in [0.29, 0.717) is 18.8 Å². The first-order valence-corrected chi connectivity index (χ1v) is 11.4. The van der Waals surface area contributed by atoms with Gasteiger partial charge in [-0.05, 0) is 60.5 Å². The topological polar surface area (TPSA) is 76.7 Å². The summed E-state index contributed by atoms with van der Waals surface area (Å²) in [6, 6.07) is 14.1. The summed E-state index contributed by atoms with van der Waals surface area (Å²) in [5.74, 6) is -1.37. The standard InChI is InChI=1S/C28H26FN3O3/c1-16-21(9-10-23(31-16)27(33)34)25-22-11-17-13-30-14-18(17)12-24(22)32(20-7-5-19(29)6-8-20)26(25)28(2,3)15-35-4/h5-12,14H,13,15H2,1-4H3,(H,33,34). The van der Waals surface area contributed by atoms with Gasteiger partial charge in [-0.2, -0.15) is 0 Å². The monoisotopic (exact) mass is 471 g/mol. The second kappa shape index (κ2) is 8.43. The minimum absolute atomic E-state index is 0.000478. The van der Waals surface area contributed by atoms with Crippen molar-refractivity contribution in [1.82, 2.24) is 9.55 Å². The van der Waals surface area contributed by atoms with E-state index >= 15 is 0 Å². The molecular formula is C28H26FN3O3. The van der Waals surface area contributed by atoms with Crippen molar-refractivity contribution in [2.24, 2.45) is 4.99 Å². The van der Waals surface area contributed by atoms with Gasteiger partial charge in [-0.15, -0.1) is 0 Å². The predicted molar refractivity (Wildman–Crippen MR) is 134 cm³/mol. The van der Waals surface area contributed by atoms with E-state index < -0.39 is 11.4 Å². The largest absolute Gasteiger partial charge is 0.477 e. The maximum atomic E-state index is 13.9. The molecule has 2 aromatic carbocycles. The summed E-state index contributed by atoms with van der Waals surface area (Å²) >= 11 is 0. The van der Waals surface area contributed by atoms with Gasteiger partial charge in [0.25, 0.3) is 0 Å². The normalized spacial score (nSPS) is 12.9. The zero-order valence-corrected chi connectivity index (χ0v) is 20.1. The molecule has 0 fully saturated rings. The summed E-state index contributed by atoms with van der Waals surface area (Å²) in [5.41, 5.74) is 6.92. The fraction of sp³-hybridized carbons (Fsp3) is 0.250. The number of pyridine rings is 1. The zero-order valence-electron chi connectivity index (χ0n) is 20.1. The lowest BCUT2D eigenvalue weighted by atomic mass is 9.84. The van der Waals surface area contributed by atoms with Crippen LogP contribution in [0.4, 0.5) is 4.39 Å². The highest BCUT2D eigenvalue weighted by molar-refractivity contribution is 6.04. The van der Waals surface area contributed by atoms with Crippen molar-refractivity contribution in [2.45, 2.75) is 32.7 Å². The van der Waals surface area contributed by atoms with Crippen LogP contribution in [-0.2, 0) is 16.7 Å². The Morgan fingerprint density at radius 3 is 2.57 bits per heavy atom. The number of rotatable bonds is 6. The minimum atomic E-state index is -1.07. The van der Waals surface area contributed by atoms with Crippen molar-refractivity contribution in [3.05, 3.63) is 82.6 Å². The summed E-state index contributed by atoms with van der Waals surface area (Å²) in [6.07, 6.45) is 1.88. The lowest BCUT2D eigenvalue weighted by Gasteiger charge is -2.28. The molecule has 0 radical (unpaired) electrons. The van der Waals surface area contributed by atoms with E-state index in [9.17, 15) is 14.3 Å². The number of methoxy groups -OCH3 is 1. The molecule has 2 aromatic heterocycles. The average molecular weight is 472 g/mol. The molecule has 1 aliphatic heterocycles. The van der Waals surface area contributed by atoms with Gasteiger partial charge in [0.05, 0.1) is 18.7 Å². The Balaban J connectivity index is 1.94. The van der Waals surface area contributed by atoms with Crippen LogP contribution in [0.1, 0.15) is 46.9 Å². The van der Waals surface area contributed by atoms with Gasteiger partial charge in [0, 0.05) is 52.3 Å². The minimum Gasteiger partial charge on any atom is -0.477 e. The molecule has 0 unspecified atom stereocenters. The second-order valence-corrected chi connectivity index (χ2v) is 9.52. The van der Waals surface area contributed by atoms with E-state index in [1.807, 2.05) is 19.2 Å². The maximum absolute atomic E-state index is 13.9. The van der Waals surface area contributed by atoms with E-state index in [1.165, 1.54) is 18.2 Å². The number of carboxylic acids is 1. The summed E-state index contributed by atoms with van der Waals surface area (Å²) < 4.78 is 21.7.